The summed E-state index contributed by atoms with van der Waals surface area (Å²) in [6.07, 6.45) is -5.01. The number of hydrogen-bond donors (Lipinski definition) is 0. The summed E-state index contributed by atoms with van der Waals surface area (Å²) in [5.74, 6) is -1.63. The third-order valence-corrected chi connectivity index (χ3v) is 0.876. The van der Waals surface area contributed by atoms with Crippen molar-refractivity contribution in [3.05, 3.63) is 22.6 Å². The van der Waals surface area contributed by atoms with Crippen molar-refractivity contribution < 1.29 is 22.0 Å². The summed E-state index contributed by atoms with van der Waals surface area (Å²) in [6.45, 7) is 0. The number of rotatable bonds is 1. The van der Waals surface area contributed by atoms with E-state index in [1.54, 1.807) is 0 Å². The van der Waals surface area contributed by atoms with E-state index in [2.05, 4.69) is 8.83 Å². The minimum absolute atomic E-state index is 0.512. The Hall–Kier alpha value is -1.20. The van der Waals surface area contributed by atoms with Gasteiger partial charge in [0.05, 0.1) is 0 Å². The van der Waals surface area contributed by atoms with E-state index in [-0.39, 0.29) is 0 Å². The molecule has 0 fully saturated rings. The van der Waals surface area contributed by atoms with Gasteiger partial charge >= 0.3 is 12.0 Å². The summed E-state index contributed by atoms with van der Waals surface area (Å²) in [6, 6.07) is 0. The van der Waals surface area contributed by atoms with E-state index in [0.29, 0.717) is 6.26 Å². The minimum atomic E-state index is -4.38. The lowest BCUT2D eigenvalue weighted by Crippen LogP contribution is -2.10. The van der Waals surface area contributed by atoms with Gasteiger partial charge in [0.25, 0.3) is 0 Å². The SMILES string of the molecule is O=c1occ(CC(F)(F)F)o1. The fourth-order valence-electron chi connectivity index (χ4n) is 0.544. The molecule has 1 aromatic heterocycles. The van der Waals surface area contributed by atoms with E-state index < -0.39 is 24.2 Å². The highest BCUT2D eigenvalue weighted by Crippen LogP contribution is 2.20. The Labute approximate surface area is 58.4 Å². The maximum Gasteiger partial charge on any atom is 0.518 e. The zero-order chi connectivity index (χ0) is 8.48. The third-order valence-electron chi connectivity index (χ3n) is 0.876. The predicted molar refractivity (Wildman–Crippen MR) is 27.0 cm³/mol. The van der Waals surface area contributed by atoms with Crippen molar-refractivity contribution in [3.63, 3.8) is 0 Å². The van der Waals surface area contributed by atoms with E-state index in [9.17, 15) is 18.0 Å². The van der Waals surface area contributed by atoms with E-state index in [4.69, 9.17) is 0 Å². The van der Waals surface area contributed by atoms with Crippen LogP contribution >= 0.6 is 0 Å². The van der Waals surface area contributed by atoms with Crippen LogP contribution in [0, 0.1) is 0 Å². The van der Waals surface area contributed by atoms with Crippen LogP contribution in [0.15, 0.2) is 19.9 Å². The molecule has 0 aliphatic carbocycles. The average molecular weight is 168 g/mol. The Kier molecular flexibility index (Phi) is 1.76. The zero-order valence-corrected chi connectivity index (χ0v) is 5.14. The van der Waals surface area contributed by atoms with E-state index in [0.717, 1.165) is 0 Å². The van der Waals surface area contributed by atoms with Gasteiger partial charge in [0.1, 0.15) is 12.7 Å². The predicted octanol–water partition coefficient (Wildman–Crippen LogP) is 1.34. The van der Waals surface area contributed by atoms with Crippen molar-refractivity contribution in [1.82, 2.24) is 0 Å². The molecule has 0 radical (unpaired) electrons. The molecule has 1 heterocycles. The number of hydrogen-bond acceptors (Lipinski definition) is 3. The molecule has 0 N–H and O–H groups in total. The molecule has 0 atom stereocenters. The first-order valence-corrected chi connectivity index (χ1v) is 2.61. The molecular formula is C5H3F3O3. The van der Waals surface area contributed by atoms with Crippen LogP contribution in [0.3, 0.4) is 0 Å². The molecule has 1 rings (SSSR count). The quantitative estimate of drug-likeness (QED) is 0.635. The molecule has 0 spiro atoms. The minimum Gasteiger partial charge on any atom is -0.399 e. The van der Waals surface area contributed by atoms with E-state index in [1.807, 2.05) is 0 Å². The second-order valence-corrected chi connectivity index (χ2v) is 1.85. The van der Waals surface area contributed by atoms with E-state index in [1.165, 1.54) is 0 Å². The van der Waals surface area contributed by atoms with Crippen LogP contribution in [0.1, 0.15) is 5.76 Å². The largest absolute Gasteiger partial charge is 0.518 e. The van der Waals surface area contributed by atoms with Crippen molar-refractivity contribution in [2.24, 2.45) is 0 Å². The highest BCUT2D eigenvalue weighted by Gasteiger charge is 2.29. The van der Waals surface area contributed by atoms with Gasteiger partial charge < -0.3 is 8.83 Å². The Morgan fingerprint density at radius 1 is 1.45 bits per heavy atom. The lowest BCUT2D eigenvalue weighted by atomic mass is 10.4. The molecule has 0 saturated carbocycles. The monoisotopic (exact) mass is 168 g/mol. The third kappa shape index (κ3) is 2.48. The maximum atomic E-state index is 11.5. The molecule has 1 aromatic rings. The van der Waals surface area contributed by atoms with Gasteiger partial charge in [-0.05, 0) is 0 Å². The smallest absolute Gasteiger partial charge is 0.399 e. The second-order valence-electron chi connectivity index (χ2n) is 1.85. The topological polar surface area (TPSA) is 43.4 Å². The molecular weight excluding hydrogens is 165 g/mol. The van der Waals surface area contributed by atoms with Crippen LogP contribution in [0.4, 0.5) is 13.2 Å². The lowest BCUT2D eigenvalue weighted by Gasteiger charge is -1.99. The molecule has 6 heteroatoms. The highest BCUT2D eigenvalue weighted by atomic mass is 19.4. The molecule has 0 amide bonds. The first kappa shape index (κ1) is 7.90. The zero-order valence-electron chi connectivity index (χ0n) is 5.14. The van der Waals surface area contributed by atoms with Gasteiger partial charge in [0.15, 0.2) is 5.76 Å². The summed E-state index contributed by atoms with van der Waals surface area (Å²) in [5.41, 5.74) is 0. The van der Waals surface area contributed by atoms with Crippen LogP contribution < -0.4 is 5.82 Å². The first-order chi connectivity index (χ1) is 4.97. The van der Waals surface area contributed by atoms with Crippen molar-refractivity contribution in [3.8, 4) is 0 Å². The van der Waals surface area contributed by atoms with Crippen LogP contribution in [-0.4, -0.2) is 6.18 Å². The first-order valence-electron chi connectivity index (χ1n) is 2.61. The van der Waals surface area contributed by atoms with Gasteiger partial charge in [-0.1, -0.05) is 0 Å². The average Bonchev–Trinajstić information content (AvgIpc) is 2.10. The van der Waals surface area contributed by atoms with Gasteiger partial charge in [-0.15, -0.1) is 0 Å². The fraction of sp³-hybridized carbons (Fsp3) is 0.400. The van der Waals surface area contributed by atoms with Gasteiger partial charge in [-0.2, -0.15) is 13.2 Å². The summed E-state index contributed by atoms with van der Waals surface area (Å²) in [5, 5.41) is 0. The van der Waals surface area contributed by atoms with Gasteiger partial charge in [-0.25, -0.2) is 4.79 Å². The molecule has 0 unspecified atom stereocenters. The molecule has 0 saturated heterocycles. The van der Waals surface area contributed by atoms with Gasteiger partial charge in [0, 0.05) is 0 Å². The van der Waals surface area contributed by atoms with Gasteiger partial charge in [0.2, 0.25) is 0 Å². The normalized spacial score (nSPS) is 11.9. The molecule has 62 valence electrons. The van der Waals surface area contributed by atoms with Crippen LogP contribution in [0.25, 0.3) is 0 Å². The van der Waals surface area contributed by atoms with Crippen molar-refractivity contribution in [2.45, 2.75) is 12.6 Å². The Morgan fingerprint density at radius 2 is 2.09 bits per heavy atom. The summed E-state index contributed by atoms with van der Waals surface area (Å²) >= 11 is 0. The molecule has 0 aliphatic heterocycles. The summed E-state index contributed by atoms with van der Waals surface area (Å²) < 4.78 is 42.6. The Bertz CT molecular complexity index is 282. The molecule has 0 bridgehead atoms. The van der Waals surface area contributed by atoms with E-state index >= 15 is 0 Å². The Morgan fingerprint density at radius 3 is 2.45 bits per heavy atom. The highest BCUT2D eigenvalue weighted by molar-refractivity contribution is 4.87. The van der Waals surface area contributed by atoms with Crippen molar-refractivity contribution in [2.75, 3.05) is 0 Å². The maximum absolute atomic E-state index is 11.5. The fourth-order valence-corrected chi connectivity index (χ4v) is 0.544. The second kappa shape index (κ2) is 2.44. The molecule has 11 heavy (non-hydrogen) atoms. The Balaban J connectivity index is 2.73. The van der Waals surface area contributed by atoms with Crippen LogP contribution in [0.5, 0.6) is 0 Å². The van der Waals surface area contributed by atoms with Crippen LogP contribution in [0.2, 0.25) is 0 Å². The van der Waals surface area contributed by atoms with Crippen molar-refractivity contribution >= 4 is 0 Å². The number of alkyl halides is 3. The van der Waals surface area contributed by atoms with Crippen molar-refractivity contribution in [1.29, 1.82) is 0 Å². The summed E-state index contributed by atoms with van der Waals surface area (Å²) in [4.78, 5) is 10.1. The molecule has 0 aromatic carbocycles. The standard InChI is InChI=1S/C5H3F3O3/c6-5(7,8)1-3-2-10-4(9)11-3/h2H,1H2. The number of halogens is 3. The molecule has 0 aliphatic rings. The van der Waals surface area contributed by atoms with Crippen LogP contribution in [-0.2, 0) is 6.42 Å². The lowest BCUT2D eigenvalue weighted by molar-refractivity contribution is -0.130. The van der Waals surface area contributed by atoms with Gasteiger partial charge in [-0.3, -0.25) is 0 Å². The molecule has 3 nitrogen and oxygen atoms in total. The summed E-state index contributed by atoms with van der Waals surface area (Å²) in [7, 11) is 0.